The fraction of sp³-hybridized carbons (Fsp3) is 0.583. The highest BCUT2D eigenvalue weighted by molar-refractivity contribution is 7.10. The van der Waals surface area contributed by atoms with Crippen LogP contribution in [0.4, 0.5) is 5.82 Å². The lowest BCUT2D eigenvalue weighted by atomic mass is 9.82. The zero-order chi connectivity index (χ0) is 22.9. The zero-order valence-electron chi connectivity index (χ0n) is 18.7. The Hall–Kier alpha value is -2.36. The molecule has 1 unspecified atom stereocenters. The van der Waals surface area contributed by atoms with Crippen molar-refractivity contribution in [1.82, 2.24) is 9.97 Å². The highest BCUT2D eigenvalue weighted by Gasteiger charge is 2.53. The number of thiophene rings is 1. The minimum Gasteiger partial charge on any atom is -0.454 e. The first-order valence-electron chi connectivity index (χ1n) is 11.9. The maximum Gasteiger partial charge on any atom is 0.344 e. The number of aliphatic hydroxyl groups is 1. The van der Waals surface area contributed by atoms with Gasteiger partial charge in [0.15, 0.2) is 18.2 Å². The Labute approximate surface area is 197 Å². The molecule has 9 heteroatoms. The molecule has 1 aliphatic carbocycles. The van der Waals surface area contributed by atoms with Gasteiger partial charge in [0.1, 0.15) is 18.7 Å². The molecule has 4 fully saturated rings. The molecule has 2 bridgehead atoms. The predicted molar refractivity (Wildman–Crippen MR) is 123 cm³/mol. The highest BCUT2D eigenvalue weighted by Crippen LogP contribution is 2.44. The molecule has 4 aliphatic rings. The Morgan fingerprint density at radius 1 is 1.21 bits per heavy atom. The number of ether oxygens (including phenoxy) is 1. The van der Waals surface area contributed by atoms with Crippen LogP contribution >= 0.6 is 11.3 Å². The summed E-state index contributed by atoms with van der Waals surface area (Å²) in [6.45, 7) is 2.73. The van der Waals surface area contributed by atoms with Gasteiger partial charge in [-0.05, 0) is 30.4 Å². The van der Waals surface area contributed by atoms with Crippen molar-refractivity contribution < 1.29 is 23.9 Å². The minimum absolute atomic E-state index is 0.0971. The smallest absolute Gasteiger partial charge is 0.344 e. The van der Waals surface area contributed by atoms with Crippen LogP contribution in [-0.4, -0.2) is 63.7 Å². The average Bonchev–Trinajstić information content (AvgIpc) is 3.54. The molecule has 2 N–H and O–H groups in total. The number of anilines is 1. The van der Waals surface area contributed by atoms with E-state index in [4.69, 9.17) is 4.74 Å². The summed E-state index contributed by atoms with van der Waals surface area (Å²) in [5, 5.41) is 16.4. The molecule has 0 aromatic carbocycles. The number of hydrogen-bond donors (Lipinski definition) is 2. The number of amides is 1. The van der Waals surface area contributed by atoms with Crippen LogP contribution in [0.25, 0.3) is 0 Å². The summed E-state index contributed by atoms with van der Waals surface area (Å²) in [7, 11) is 0. The Morgan fingerprint density at radius 3 is 2.67 bits per heavy atom. The zero-order valence-corrected chi connectivity index (χ0v) is 19.5. The Bertz CT molecular complexity index is 972. The van der Waals surface area contributed by atoms with E-state index in [0.717, 1.165) is 51.6 Å². The Balaban J connectivity index is 1.28. The second kappa shape index (κ2) is 9.12. The van der Waals surface area contributed by atoms with Crippen LogP contribution in [-0.2, 0) is 19.9 Å². The number of hydrogen-bond acceptors (Lipinski definition) is 7. The molecular formula is C24H31N4O4S+. The minimum atomic E-state index is -1.58. The third-order valence-corrected chi connectivity index (χ3v) is 8.78. The second-order valence-electron chi connectivity index (χ2n) is 9.78. The predicted octanol–water partition coefficient (Wildman–Crippen LogP) is 2.71. The molecule has 33 heavy (non-hydrogen) atoms. The lowest BCUT2D eigenvalue weighted by Crippen LogP contribution is -2.66. The van der Waals surface area contributed by atoms with E-state index in [-0.39, 0.29) is 23.8 Å². The van der Waals surface area contributed by atoms with Crippen LogP contribution < -0.4 is 5.32 Å². The summed E-state index contributed by atoms with van der Waals surface area (Å²) in [5.41, 5.74) is -1.58. The van der Waals surface area contributed by atoms with Crippen LogP contribution in [0.3, 0.4) is 0 Å². The van der Waals surface area contributed by atoms with Gasteiger partial charge < -0.3 is 19.6 Å². The van der Waals surface area contributed by atoms with Crippen molar-refractivity contribution >= 4 is 29.0 Å². The quantitative estimate of drug-likeness (QED) is 0.476. The standard InChI is InChI=1S/C24H30N4O4S/c29-22(27-21-7-10-25-16-26-21)15-28-11-8-17(9-12-28)19(14-28)32-23(30)24(31,18-4-1-2-5-18)20-6-3-13-33-20/h3,6-7,10,13,16-19,31H,1-2,4-5,8-9,11-12,14-15H2/p+1/t17?,19-,24?,28?/m0/s1. The number of esters is 1. The van der Waals surface area contributed by atoms with Crippen molar-refractivity contribution in [3.05, 3.63) is 41.0 Å². The molecular weight excluding hydrogens is 440 g/mol. The molecule has 3 aliphatic heterocycles. The van der Waals surface area contributed by atoms with Crippen LogP contribution in [0.5, 0.6) is 0 Å². The van der Waals surface area contributed by atoms with Gasteiger partial charge in [-0.25, -0.2) is 14.8 Å². The van der Waals surface area contributed by atoms with Gasteiger partial charge in [-0.2, -0.15) is 0 Å². The summed E-state index contributed by atoms with van der Waals surface area (Å²) >= 11 is 1.41. The van der Waals surface area contributed by atoms with Crippen molar-refractivity contribution in [2.24, 2.45) is 11.8 Å². The van der Waals surface area contributed by atoms with E-state index in [1.54, 1.807) is 12.3 Å². The molecule has 2 aromatic rings. The van der Waals surface area contributed by atoms with E-state index < -0.39 is 11.6 Å². The van der Waals surface area contributed by atoms with E-state index >= 15 is 0 Å². The second-order valence-corrected chi connectivity index (χ2v) is 10.7. The van der Waals surface area contributed by atoms with Crippen LogP contribution in [0, 0.1) is 11.8 Å². The van der Waals surface area contributed by atoms with Crippen LogP contribution in [0.2, 0.25) is 0 Å². The van der Waals surface area contributed by atoms with Gasteiger partial charge in [-0.1, -0.05) is 18.9 Å². The summed E-state index contributed by atoms with van der Waals surface area (Å²) in [4.78, 5) is 34.9. The molecule has 0 radical (unpaired) electrons. The molecule has 2 atom stereocenters. The van der Waals surface area contributed by atoms with E-state index in [1.807, 2.05) is 17.5 Å². The van der Waals surface area contributed by atoms with Crippen LogP contribution in [0.15, 0.2) is 36.1 Å². The molecule has 5 heterocycles. The number of rotatable bonds is 7. The summed E-state index contributed by atoms with van der Waals surface area (Å²) in [6.07, 6.45) is 8.28. The first-order valence-corrected chi connectivity index (χ1v) is 12.7. The molecule has 0 spiro atoms. The number of piperidine rings is 3. The Kier molecular flexibility index (Phi) is 6.20. The van der Waals surface area contributed by atoms with Gasteiger partial charge in [-0.3, -0.25) is 4.79 Å². The van der Waals surface area contributed by atoms with Gasteiger partial charge in [0.25, 0.3) is 5.91 Å². The fourth-order valence-corrected chi connectivity index (χ4v) is 6.85. The largest absolute Gasteiger partial charge is 0.454 e. The van der Waals surface area contributed by atoms with Gasteiger partial charge >= 0.3 is 5.97 Å². The molecule has 2 aromatic heterocycles. The van der Waals surface area contributed by atoms with Crippen molar-refractivity contribution in [2.45, 2.75) is 50.2 Å². The number of nitrogens with zero attached hydrogens (tertiary/aromatic N) is 3. The maximum absolute atomic E-state index is 13.5. The molecule has 6 rings (SSSR count). The van der Waals surface area contributed by atoms with Gasteiger partial charge in [0, 0.05) is 35.8 Å². The topological polar surface area (TPSA) is 101 Å². The number of carbonyl (C=O) groups excluding carboxylic acids is 2. The van der Waals surface area contributed by atoms with E-state index in [9.17, 15) is 14.7 Å². The number of aromatic nitrogens is 2. The molecule has 8 nitrogen and oxygen atoms in total. The van der Waals surface area contributed by atoms with Crippen molar-refractivity contribution in [2.75, 3.05) is 31.5 Å². The maximum atomic E-state index is 13.5. The average molecular weight is 472 g/mol. The molecule has 176 valence electrons. The van der Waals surface area contributed by atoms with Gasteiger partial charge in [-0.15, -0.1) is 11.3 Å². The lowest BCUT2D eigenvalue weighted by Gasteiger charge is -2.51. The molecule has 3 saturated heterocycles. The SMILES string of the molecule is O=C(C[N+]12CCC(CC1)[C@@H](OC(=O)C(O)(c1cccs1)C1CCCC1)C2)Nc1ccncn1. The first kappa shape index (κ1) is 22.4. The monoisotopic (exact) mass is 471 g/mol. The highest BCUT2D eigenvalue weighted by atomic mass is 32.1. The van der Waals surface area contributed by atoms with E-state index in [2.05, 4.69) is 15.3 Å². The summed E-state index contributed by atoms with van der Waals surface area (Å²) in [5.74, 6) is 0.0570. The van der Waals surface area contributed by atoms with E-state index in [1.165, 1.54) is 17.7 Å². The summed E-state index contributed by atoms with van der Waals surface area (Å²) < 4.78 is 6.70. The van der Waals surface area contributed by atoms with Gasteiger partial charge in [0.2, 0.25) is 0 Å². The lowest BCUT2D eigenvalue weighted by molar-refractivity contribution is -0.939. The van der Waals surface area contributed by atoms with Gasteiger partial charge in [0.05, 0.1) is 13.1 Å². The fourth-order valence-electron chi connectivity index (χ4n) is 5.96. The third kappa shape index (κ3) is 4.41. The molecule has 1 saturated carbocycles. The number of fused-ring (bicyclic) bond motifs is 3. The van der Waals surface area contributed by atoms with Crippen molar-refractivity contribution in [1.29, 1.82) is 0 Å². The Morgan fingerprint density at radius 2 is 2.00 bits per heavy atom. The normalized spacial score (nSPS) is 28.9. The number of quaternary nitrogens is 1. The van der Waals surface area contributed by atoms with Crippen molar-refractivity contribution in [3.63, 3.8) is 0 Å². The number of nitrogens with one attached hydrogen (secondary N) is 1. The van der Waals surface area contributed by atoms with E-state index in [0.29, 0.717) is 28.3 Å². The number of carbonyl (C=O) groups is 2. The summed E-state index contributed by atoms with van der Waals surface area (Å²) in [6, 6.07) is 5.38. The van der Waals surface area contributed by atoms with Crippen LogP contribution in [0.1, 0.15) is 43.4 Å². The first-order chi connectivity index (χ1) is 16.0. The van der Waals surface area contributed by atoms with Crippen molar-refractivity contribution in [3.8, 4) is 0 Å². The third-order valence-electron chi connectivity index (χ3n) is 7.78. The molecule has 1 amide bonds.